The van der Waals surface area contributed by atoms with Gasteiger partial charge in [0.1, 0.15) is 5.15 Å². The molecule has 0 saturated heterocycles. The molecule has 1 aromatic heterocycles. The van der Waals surface area contributed by atoms with Gasteiger partial charge >= 0.3 is 0 Å². The Morgan fingerprint density at radius 2 is 1.92 bits per heavy atom. The number of aromatic nitrogens is 2. The lowest BCUT2D eigenvalue weighted by Gasteiger charge is -2.10. The second kappa shape index (κ2) is 7.06. The second-order valence-corrected chi connectivity index (χ2v) is 7.26. The Labute approximate surface area is 145 Å². The molecule has 0 unspecified atom stereocenters. The fraction of sp³-hybridized carbons (Fsp3) is 0.200. The van der Waals surface area contributed by atoms with Crippen LogP contribution in [0.2, 0.25) is 5.15 Å². The van der Waals surface area contributed by atoms with Crippen molar-refractivity contribution in [1.29, 1.82) is 0 Å². The number of aryl methyl sites for hydroxylation is 2. The topological polar surface area (TPSA) is 93.1 Å². The first-order valence-corrected chi connectivity index (χ1v) is 9.19. The minimum absolute atomic E-state index is 0.289. The molecule has 0 bridgehead atoms. The third-order valence-corrected chi connectivity index (χ3v) is 4.12. The molecule has 0 fully saturated rings. The highest BCUT2D eigenvalue weighted by atomic mass is 35.5. The van der Waals surface area contributed by atoms with Crippen molar-refractivity contribution in [2.45, 2.75) is 6.92 Å². The second-order valence-electron chi connectivity index (χ2n) is 5.16. The van der Waals surface area contributed by atoms with Crippen LogP contribution in [0.5, 0.6) is 0 Å². The van der Waals surface area contributed by atoms with Gasteiger partial charge in [0.25, 0.3) is 0 Å². The lowest BCUT2D eigenvalue weighted by molar-refractivity contribution is -0.111. The number of carbonyl (C=O) groups excluding carboxylic acids is 1. The van der Waals surface area contributed by atoms with Crippen molar-refractivity contribution in [3.05, 3.63) is 46.8 Å². The first kappa shape index (κ1) is 18.0. The van der Waals surface area contributed by atoms with Crippen LogP contribution in [0.4, 0.5) is 11.4 Å². The first-order chi connectivity index (χ1) is 11.2. The standard InChI is InChI=1S/C15H17ClN4O3S/c1-10-11(15(16)20(2)18-10)8-9-14(21)17-12-6-4-5-7-13(12)19-24(3,22)23/h4-9,19H,1-3H3,(H,17,21)/b9-8+. The third-order valence-electron chi connectivity index (χ3n) is 3.08. The maximum atomic E-state index is 12.1. The summed E-state index contributed by atoms with van der Waals surface area (Å²) in [6, 6.07) is 6.51. The molecule has 0 aliphatic carbocycles. The number of rotatable bonds is 5. The number of amides is 1. The van der Waals surface area contributed by atoms with E-state index in [4.69, 9.17) is 11.6 Å². The van der Waals surface area contributed by atoms with E-state index in [2.05, 4.69) is 15.1 Å². The molecular weight excluding hydrogens is 352 g/mol. The van der Waals surface area contributed by atoms with Crippen LogP contribution in [0, 0.1) is 6.92 Å². The van der Waals surface area contributed by atoms with Gasteiger partial charge in [-0.2, -0.15) is 5.10 Å². The van der Waals surface area contributed by atoms with Crippen molar-refractivity contribution >= 4 is 45.0 Å². The predicted molar refractivity (Wildman–Crippen MR) is 95.5 cm³/mol. The number of halogens is 1. The van der Waals surface area contributed by atoms with Crippen molar-refractivity contribution in [2.75, 3.05) is 16.3 Å². The lowest BCUT2D eigenvalue weighted by Crippen LogP contribution is -2.14. The molecular formula is C15H17ClN4O3S. The Morgan fingerprint density at radius 3 is 2.46 bits per heavy atom. The van der Waals surface area contributed by atoms with Gasteiger partial charge in [0.05, 0.1) is 23.3 Å². The molecule has 0 radical (unpaired) electrons. The van der Waals surface area contributed by atoms with Gasteiger partial charge in [-0.3, -0.25) is 14.2 Å². The van der Waals surface area contributed by atoms with Gasteiger partial charge in [-0.05, 0) is 25.1 Å². The molecule has 2 aromatic rings. The summed E-state index contributed by atoms with van der Waals surface area (Å²) in [5.74, 6) is -0.419. The van der Waals surface area contributed by atoms with Gasteiger partial charge in [0, 0.05) is 18.7 Å². The van der Waals surface area contributed by atoms with E-state index in [1.54, 1.807) is 44.3 Å². The Balaban J connectivity index is 2.17. The smallest absolute Gasteiger partial charge is 0.248 e. The molecule has 0 aliphatic rings. The fourth-order valence-electron chi connectivity index (χ4n) is 2.05. The normalized spacial score (nSPS) is 11.7. The molecule has 24 heavy (non-hydrogen) atoms. The van der Waals surface area contributed by atoms with Crippen LogP contribution in [0.15, 0.2) is 30.3 Å². The Hall–Kier alpha value is -2.32. The monoisotopic (exact) mass is 368 g/mol. The number of nitrogens with zero attached hydrogens (tertiary/aromatic N) is 2. The number of nitrogens with one attached hydrogen (secondary N) is 2. The maximum Gasteiger partial charge on any atom is 0.248 e. The van der Waals surface area contributed by atoms with Gasteiger partial charge in [0.2, 0.25) is 15.9 Å². The SMILES string of the molecule is Cc1nn(C)c(Cl)c1/C=C/C(=O)Nc1ccccc1NS(C)(=O)=O. The van der Waals surface area contributed by atoms with Crippen molar-refractivity contribution in [3.63, 3.8) is 0 Å². The minimum Gasteiger partial charge on any atom is -0.321 e. The van der Waals surface area contributed by atoms with Gasteiger partial charge in [-0.1, -0.05) is 23.7 Å². The van der Waals surface area contributed by atoms with E-state index in [-0.39, 0.29) is 5.69 Å². The number of sulfonamides is 1. The summed E-state index contributed by atoms with van der Waals surface area (Å²) < 4.78 is 26.6. The number of benzene rings is 1. The summed E-state index contributed by atoms with van der Waals surface area (Å²) in [5.41, 5.74) is 1.99. The third kappa shape index (κ3) is 4.59. The number of hydrogen-bond donors (Lipinski definition) is 2. The number of hydrogen-bond acceptors (Lipinski definition) is 4. The predicted octanol–water partition coefficient (Wildman–Crippen LogP) is 2.41. The molecule has 0 saturated carbocycles. The maximum absolute atomic E-state index is 12.1. The van der Waals surface area contributed by atoms with Gasteiger partial charge in [-0.25, -0.2) is 8.42 Å². The van der Waals surface area contributed by atoms with E-state index in [0.717, 1.165) is 6.26 Å². The zero-order valence-electron chi connectivity index (χ0n) is 13.4. The van der Waals surface area contributed by atoms with Crippen LogP contribution in [0.1, 0.15) is 11.3 Å². The summed E-state index contributed by atoms with van der Waals surface area (Å²) in [7, 11) is -1.74. The van der Waals surface area contributed by atoms with Gasteiger partial charge in [-0.15, -0.1) is 0 Å². The summed E-state index contributed by atoms with van der Waals surface area (Å²) in [6.07, 6.45) is 3.92. The highest BCUT2D eigenvalue weighted by Gasteiger charge is 2.10. The average molecular weight is 369 g/mol. The molecule has 0 aliphatic heterocycles. The van der Waals surface area contributed by atoms with E-state index in [1.165, 1.54) is 10.8 Å². The molecule has 7 nitrogen and oxygen atoms in total. The molecule has 2 N–H and O–H groups in total. The highest BCUT2D eigenvalue weighted by molar-refractivity contribution is 7.92. The number of carbonyl (C=O) groups is 1. The van der Waals surface area contributed by atoms with E-state index >= 15 is 0 Å². The van der Waals surface area contributed by atoms with Crippen molar-refractivity contribution < 1.29 is 13.2 Å². The molecule has 9 heteroatoms. The van der Waals surface area contributed by atoms with E-state index in [0.29, 0.717) is 22.1 Å². The summed E-state index contributed by atoms with van der Waals surface area (Å²) in [5, 5.41) is 7.20. The van der Waals surface area contributed by atoms with E-state index in [1.807, 2.05) is 0 Å². The molecule has 1 heterocycles. The average Bonchev–Trinajstić information content (AvgIpc) is 2.71. The zero-order valence-corrected chi connectivity index (χ0v) is 14.9. The van der Waals surface area contributed by atoms with Crippen LogP contribution in [0.3, 0.4) is 0 Å². The number of para-hydroxylation sites is 2. The highest BCUT2D eigenvalue weighted by Crippen LogP contribution is 2.23. The lowest BCUT2D eigenvalue weighted by atomic mass is 10.2. The van der Waals surface area contributed by atoms with Crippen molar-refractivity contribution in [2.24, 2.45) is 7.05 Å². The van der Waals surface area contributed by atoms with Gasteiger partial charge < -0.3 is 5.32 Å². The largest absolute Gasteiger partial charge is 0.321 e. The Morgan fingerprint density at radius 1 is 1.29 bits per heavy atom. The molecule has 128 valence electrons. The van der Waals surface area contributed by atoms with E-state index < -0.39 is 15.9 Å². The van der Waals surface area contributed by atoms with Crippen molar-refractivity contribution in [3.8, 4) is 0 Å². The fourth-order valence-corrected chi connectivity index (χ4v) is 2.87. The summed E-state index contributed by atoms with van der Waals surface area (Å²) >= 11 is 6.10. The summed E-state index contributed by atoms with van der Waals surface area (Å²) in [4.78, 5) is 12.1. The van der Waals surface area contributed by atoms with Gasteiger partial charge in [0.15, 0.2) is 0 Å². The summed E-state index contributed by atoms with van der Waals surface area (Å²) in [6.45, 7) is 1.79. The van der Waals surface area contributed by atoms with E-state index in [9.17, 15) is 13.2 Å². The zero-order chi connectivity index (χ0) is 17.9. The minimum atomic E-state index is -3.45. The molecule has 1 aromatic carbocycles. The molecule has 1 amide bonds. The molecule has 0 spiro atoms. The Bertz CT molecular complexity index is 903. The first-order valence-electron chi connectivity index (χ1n) is 6.92. The van der Waals surface area contributed by atoms with Crippen LogP contribution >= 0.6 is 11.6 Å². The molecule has 2 rings (SSSR count). The molecule has 0 atom stereocenters. The van der Waals surface area contributed by atoms with Crippen LogP contribution < -0.4 is 10.0 Å². The quantitative estimate of drug-likeness (QED) is 0.792. The number of anilines is 2. The Kier molecular flexibility index (Phi) is 5.30. The van der Waals surface area contributed by atoms with Crippen molar-refractivity contribution in [1.82, 2.24) is 9.78 Å². The van der Waals surface area contributed by atoms with Crippen LogP contribution in [0.25, 0.3) is 6.08 Å². The van der Waals surface area contributed by atoms with Crippen LogP contribution in [-0.4, -0.2) is 30.4 Å². The van der Waals surface area contributed by atoms with Crippen LogP contribution in [-0.2, 0) is 21.9 Å².